The molecule has 0 fully saturated rings. The Morgan fingerprint density at radius 1 is 1.62 bits per heavy atom. The Balaban J connectivity index is 2.58. The maximum Gasteiger partial charge on any atom is 0.0199 e. The second-order valence-electron chi connectivity index (χ2n) is 1.19. The van der Waals surface area contributed by atoms with Crippen molar-refractivity contribution in [1.82, 2.24) is 0 Å². The van der Waals surface area contributed by atoms with Crippen molar-refractivity contribution >= 4 is 39.2 Å². The van der Waals surface area contributed by atoms with Crippen LogP contribution in [0.3, 0.4) is 0 Å². The van der Waals surface area contributed by atoms with Crippen molar-refractivity contribution in [2.75, 3.05) is 0 Å². The third-order valence-electron chi connectivity index (χ3n) is 0.665. The smallest absolute Gasteiger partial charge is 0.0199 e. The van der Waals surface area contributed by atoms with Crippen LogP contribution in [0.1, 0.15) is 0 Å². The molecule has 0 saturated carbocycles. The van der Waals surface area contributed by atoms with Crippen LogP contribution >= 0.6 is 33.8 Å². The van der Waals surface area contributed by atoms with Gasteiger partial charge in [0.15, 0.2) is 0 Å². The fourth-order valence-electron chi connectivity index (χ4n) is 0.356. The molecule has 0 aromatic rings. The molecule has 1 aliphatic heterocycles. The molecule has 0 aliphatic carbocycles. The molecule has 0 amide bonds. The normalized spacial score (nSPS) is 22.2. The van der Waals surface area contributed by atoms with E-state index in [9.17, 15) is 0 Å². The average Bonchev–Trinajstić information content (AvgIpc) is 2.19. The van der Waals surface area contributed by atoms with Gasteiger partial charge in [-0.05, 0) is 17.6 Å². The van der Waals surface area contributed by atoms with Gasteiger partial charge in [0, 0.05) is 10.3 Å². The first kappa shape index (κ1) is 6.39. The largest absolute Gasteiger partial charge is 0.0887 e. The summed E-state index contributed by atoms with van der Waals surface area (Å²) in [5.74, 6) is 0. The fourth-order valence-corrected chi connectivity index (χ4v) is 2.29. The maximum absolute atomic E-state index is 4.63. The molecule has 0 radical (unpaired) electrons. The topological polar surface area (TPSA) is 0 Å². The first-order chi connectivity index (χ1) is 3.93. The van der Waals surface area contributed by atoms with E-state index < -0.39 is 0 Å². The first-order valence-electron chi connectivity index (χ1n) is 2.09. The van der Waals surface area contributed by atoms with Crippen molar-refractivity contribution in [3.63, 3.8) is 0 Å². The molecule has 0 nitrogen and oxygen atoms in total. The van der Waals surface area contributed by atoms with E-state index >= 15 is 0 Å². The molecule has 0 atom stereocenters. The Labute approximate surface area is 61.8 Å². The van der Waals surface area contributed by atoms with Gasteiger partial charge in [-0.3, -0.25) is 0 Å². The van der Waals surface area contributed by atoms with E-state index in [1.54, 1.807) is 27.0 Å². The predicted molar refractivity (Wildman–Crippen MR) is 46.1 cm³/mol. The van der Waals surface area contributed by atoms with E-state index in [4.69, 9.17) is 0 Å². The Morgan fingerprint density at radius 3 is 3.00 bits per heavy atom. The fraction of sp³-hybridized carbons (Fsp3) is 0. The summed E-state index contributed by atoms with van der Waals surface area (Å²) in [6.45, 7) is 0. The van der Waals surface area contributed by atoms with Crippen LogP contribution in [-0.4, -0.2) is 5.37 Å². The molecule has 42 valence electrons. The van der Waals surface area contributed by atoms with Gasteiger partial charge in [0.05, 0.1) is 0 Å². The first-order valence-corrected chi connectivity index (χ1v) is 4.77. The highest BCUT2D eigenvalue weighted by molar-refractivity contribution is 8.79. The highest BCUT2D eigenvalue weighted by Gasteiger charge is 1.96. The molecular formula is C5H4S3. The molecule has 0 aromatic carbocycles. The third-order valence-corrected chi connectivity index (χ3v) is 2.81. The van der Waals surface area contributed by atoms with Crippen LogP contribution in [0.15, 0.2) is 22.5 Å². The molecule has 0 bridgehead atoms. The van der Waals surface area contributed by atoms with Gasteiger partial charge in [0.2, 0.25) is 0 Å². The quantitative estimate of drug-likeness (QED) is 0.329. The summed E-state index contributed by atoms with van der Waals surface area (Å²) < 4.78 is 0. The van der Waals surface area contributed by atoms with E-state index in [0.717, 1.165) is 0 Å². The number of allylic oxidation sites excluding steroid dienone is 2. The van der Waals surface area contributed by atoms with Crippen LogP contribution in [0, 0.1) is 0 Å². The SMILES string of the molecule is S=C/C=C1/C=CSS1. The summed E-state index contributed by atoms with van der Waals surface area (Å²) in [7, 11) is 3.46. The minimum absolute atomic E-state index is 1.24. The summed E-state index contributed by atoms with van der Waals surface area (Å²) in [5, 5.41) is 3.69. The molecule has 0 saturated heterocycles. The van der Waals surface area contributed by atoms with Crippen molar-refractivity contribution in [2.24, 2.45) is 0 Å². The molecule has 1 aliphatic rings. The van der Waals surface area contributed by atoms with Gasteiger partial charge in [-0.2, -0.15) is 0 Å². The highest BCUT2D eigenvalue weighted by atomic mass is 33.1. The van der Waals surface area contributed by atoms with Crippen molar-refractivity contribution in [1.29, 1.82) is 0 Å². The summed E-state index contributed by atoms with van der Waals surface area (Å²) >= 11 is 4.63. The molecule has 0 N–H and O–H groups in total. The maximum atomic E-state index is 4.63. The third kappa shape index (κ3) is 1.65. The highest BCUT2D eigenvalue weighted by Crippen LogP contribution is 2.37. The molecule has 1 heterocycles. The van der Waals surface area contributed by atoms with Gasteiger partial charge in [-0.15, -0.1) is 0 Å². The van der Waals surface area contributed by atoms with Crippen LogP contribution in [-0.2, 0) is 0 Å². The van der Waals surface area contributed by atoms with E-state index in [2.05, 4.69) is 23.7 Å². The summed E-state index contributed by atoms with van der Waals surface area (Å²) in [4.78, 5) is 1.24. The van der Waals surface area contributed by atoms with E-state index in [-0.39, 0.29) is 0 Å². The minimum atomic E-state index is 1.24. The molecular weight excluding hydrogens is 156 g/mol. The van der Waals surface area contributed by atoms with Crippen LogP contribution < -0.4 is 0 Å². The van der Waals surface area contributed by atoms with Gasteiger partial charge in [-0.1, -0.05) is 33.8 Å². The molecule has 8 heavy (non-hydrogen) atoms. The van der Waals surface area contributed by atoms with Crippen molar-refractivity contribution in [3.8, 4) is 0 Å². The zero-order valence-electron chi connectivity index (χ0n) is 4.03. The molecule has 1 rings (SSSR count). The average molecular weight is 160 g/mol. The summed E-state index contributed by atoms with van der Waals surface area (Å²) in [6.07, 6.45) is 3.98. The summed E-state index contributed by atoms with van der Waals surface area (Å²) in [6, 6.07) is 0. The monoisotopic (exact) mass is 160 g/mol. The molecule has 0 unspecified atom stereocenters. The standard InChI is InChI=1S/C5H4S3/c6-3-1-5-2-4-7-8-5/h1-4H/b5-1-. The van der Waals surface area contributed by atoms with E-state index in [1.807, 2.05) is 6.08 Å². The Bertz CT molecular complexity index is 146. The number of thiocarbonyl (C=S) groups is 1. The molecule has 3 heteroatoms. The second-order valence-corrected chi connectivity index (χ2v) is 3.64. The second kappa shape index (κ2) is 3.33. The Morgan fingerprint density at radius 2 is 2.50 bits per heavy atom. The van der Waals surface area contributed by atoms with Crippen molar-refractivity contribution < 1.29 is 0 Å². The van der Waals surface area contributed by atoms with Crippen LogP contribution in [0.25, 0.3) is 0 Å². The number of rotatable bonds is 1. The minimum Gasteiger partial charge on any atom is -0.0887 e. The van der Waals surface area contributed by atoms with Gasteiger partial charge >= 0.3 is 0 Å². The van der Waals surface area contributed by atoms with Crippen molar-refractivity contribution in [2.45, 2.75) is 0 Å². The van der Waals surface area contributed by atoms with Gasteiger partial charge < -0.3 is 0 Å². The lowest BCUT2D eigenvalue weighted by Crippen LogP contribution is -1.59. The predicted octanol–water partition coefficient (Wildman–Crippen LogP) is 2.78. The van der Waals surface area contributed by atoms with Gasteiger partial charge in [0.25, 0.3) is 0 Å². The van der Waals surface area contributed by atoms with E-state index in [1.165, 1.54) is 4.91 Å². The Hall–Kier alpha value is 0.270. The van der Waals surface area contributed by atoms with E-state index in [0.29, 0.717) is 0 Å². The zero-order valence-corrected chi connectivity index (χ0v) is 6.48. The lowest BCUT2D eigenvalue weighted by molar-refractivity contribution is 2.02. The zero-order chi connectivity index (χ0) is 5.82. The van der Waals surface area contributed by atoms with Gasteiger partial charge in [0.1, 0.15) is 0 Å². The van der Waals surface area contributed by atoms with Crippen molar-refractivity contribution in [3.05, 3.63) is 22.5 Å². The van der Waals surface area contributed by atoms with Crippen LogP contribution in [0.2, 0.25) is 0 Å². The Kier molecular flexibility index (Phi) is 2.66. The number of hydrogen-bond donors (Lipinski definition) is 0. The van der Waals surface area contributed by atoms with Crippen LogP contribution in [0.4, 0.5) is 0 Å². The molecule has 0 aromatic heterocycles. The lowest BCUT2D eigenvalue weighted by Gasteiger charge is -1.82. The van der Waals surface area contributed by atoms with Crippen LogP contribution in [0.5, 0.6) is 0 Å². The summed E-state index contributed by atoms with van der Waals surface area (Å²) in [5.41, 5.74) is 0. The lowest BCUT2D eigenvalue weighted by atomic mass is 10.5. The van der Waals surface area contributed by atoms with Gasteiger partial charge in [-0.25, -0.2) is 0 Å². The molecule has 0 spiro atoms. The number of hydrogen-bond acceptors (Lipinski definition) is 3.